The lowest BCUT2D eigenvalue weighted by molar-refractivity contribution is 0.776. The van der Waals surface area contributed by atoms with E-state index in [9.17, 15) is 0 Å². The first-order chi connectivity index (χ1) is 11.3. The Bertz CT molecular complexity index is 807. The van der Waals surface area contributed by atoms with E-state index < -0.39 is 0 Å². The van der Waals surface area contributed by atoms with Crippen LogP contribution < -0.4 is 5.43 Å². The highest BCUT2D eigenvalue weighted by Gasteiger charge is 2.06. The van der Waals surface area contributed by atoms with Gasteiger partial charge in [-0.05, 0) is 53.6 Å². The quantitative estimate of drug-likeness (QED) is 0.581. The van der Waals surface area contributed by atoms with Crippen molar-refractivity contribution in [3.8, 4) is 5.69 Å². The molecule has 0 aliphatic heterocycles. The van der Waals surface area contributed by atoms with Crippen molar-refractivity contribution in [3.63, 3.8) is 0 Å². The maximum atomic E-state index is 4.27. The molecular weight excluding hydrogens is 288 g/mol. The first-order valence-corrected chi connectivity index (χ1v) is 7.42. The van der Waals surface area contributed by atoms with Crippen LogP contribution in [0.2, 0.25) is 0 Å². The van der Waals surface area contributed by atoms with Crippen LogP contribution in [0.25, 0.3) is 5.69 Å². The summed E-state index contributed by atoms with van der Waals surface area (Å²) >= 11 is 0. The molecule has 116 valence electrons. The summed E-state index contributed by atoms with van der Waals surface area (Å²) < 4.78 is 1.71. The van der Waals surface area contributed by atoms with Gasteiger partial charge >= 0.3 is 0 Å². The third-order valence-corrected chi connectivity index (χ3v) is 3.69. The average molecular weight is 306 g/mol. The SMILES string of the molecule is Cc1cccc(NN=CCc2nnnn2-c2ccccc2)c1C. The van der Waals surface area contributed by atoms with Gasteiger partial charge in [0, 0.05) is 12.6 Å². The van der Waals surface area contributed by atoms with Crippen LogP contribution in [0, 0.1) is 13.8 Å². The number of aryl methyl sites for hydroxylation is 1. The summed E-state index contributed by atoms with van der Waals surface area (Å²) in [5.74, 6) is 0.739. The van der Waals surface area contributed by atoms with E-state index in [1.165, 1.54) is 11.1 Å². The molecule has 6 nitrogen and oxygen atoms in total. The fourth-order valence-corrected chi connectivity index (χ4v) is 2.22. The molecule has 3 rings (SSSR count). The van der Waals surface area contributed by atoms with E-state index >= 15 is 0 Å². The molecule has 0 aliphatic rings. The van der Waals surface area contributed by atoms with E-state index in [0.717, 1.165) is 17.2 Å². The molecule has 0 saturated carbocycles. The van der Waals surface area contributed by atoms with Crippen LogP contribution in [0.5, 0.6) is 0 Å². The maximum Gasteiger partial charge on any atom is 0.162 e. The number of rotatable bonds is 5. The second kappa shape index (κ2) is 6.83. The van der Waals surface area contributed by atoms with Gasteiger partial charge < -0.3 is 0 Å². The van der Waals surface area contributed by atoms with Gasteiger partial charge in [-0.1, -0.05) is 30.3 Å². The molecule has 6 heteroatoms. The van der Waals surface area contributed by atoms with Crippen LogP contribution in [0.4, 0.5) is 5.69 Å². The highest BCUT2D eigenvalue weighted by atomic mass is 15.5. The minimum absolute atomic E-state index is 0.541. The van der Waals surface area contributed by atoms with Crippen molar-refractivity contribution >= 4 is 11.9 Å². The van der Waals surface area contributed by atoms with E-state index in [2.05, 4.69) is 46.0 Å². The fourth-order valence-electron chi connectivity index (χ4n) is 2.22. The Morgan fingerprint density at radius 1 is 1.09 bits per heavy atom. The summed E-state index contributed by atoms with van der Waals surface area (Å²) in [5.41, 5.74) is 7.43. The highest BCUT2D eigenvalue weighted by Crippen LogP contribution is 2.17. The predicted octanol–water partition coefficient (Wildman–Crippen LogP) is 2.92. The molecule has 1 heterocycles. The second-order valence-electron chi connectivity index (χ2n) is 5.22. The van der Waals surface area contributed by atoms with E-state index in [1.54, 1.807) is 10.9 Å². The number of nitrogens with zero attached hydrogens (tertiary/aromatic N) is 5. The van der Waals surface area contributed by atoms with Crippen molar-refractivity contribution in [3.05, 3.63) is 65.5 Å². The van der Waals surface area contributed by atoms with Crippen molar-refractivity contribution in [2.24, 2.45) is 5.10 Å². The number of anilines is 1. The Morgan fingerprint density at radius 2 is 1.91 bits per heavy atom. The van der Waals surface area contributed by atoms with E-state index in [1.807, 2.05) is 42.5 Å². The topological polar surface area (TPSA) is 68.0 Å². The molecule has 0 saturated heterocycles. The monoisotopic (exact) mass is 306 g/mol. The zero-order chi connectivity index (χ0) is 16.1. The number of hydrazone groups is 1. The molecular formula is C17H18N6. The Kier molecular flexibility index (Phi) is 4.42. The number of benzene rings is 2. The van der Waals surface area contributed by atoms with Crippen molar-refractivity contribution in [1.82, 2.24) is 20.2 Å². The Balaban J connectivity index is 1.68. The van der Waals surface area contributed by atoms with E-state index in [4.69, 9.17) is 0 Å². The average Bonchev–Trinajstić information content (AvgIpc) is 3.04. The van der Waals surface area contributed by atoms with Gasteiger partial charge in [-0.2, -0.15) is 9.78 Å². The number of hydrogen-bond donors (Lipinski definition) is 1. The number of nitrogens with one attached hydrogen (secondary N) is 1. The molecule has 0 bridgehead atoms. The third kappa shape index (κ3) is 3.42. The first kappa shape index (κ1) is 14.9. The molecule has 0 aliphatic carbocycles. The van der Waals surface area contributed by atoms with Gasteiger partial charge in [-0.25, -0.2) is 0 Å². The summed E-state index contributed by atoms with van der Waals surface area (Å²) in [6, 6.07) is 15.9. The van der Waals surface area contributed by atoms with Gasteiger partial charge in [0.25, 0.3) is 0 Å². The smallest absolute Gasteiger partial charge is 0.162 e. The van der Waals surface area contributed by atoms with Crippen LogP contribution in [0.1, 0.15) is 17.0 Å². The minimum atomic E-state index is 0.541. The van der Waals surface area contributed by atoms with Gasteiger partial charge in [0.15, 0.2) is 5.82 Å². The molecule has 1 N–H and O–H groups in total. The fraction of sp³-hybridized carbons (Fsp3) is 0.176. The lowest BCUT2D eigenvalue weighted by atomic mass is 10.1. The number of aromatic nitrogens is 4. The molecule has 0 atom stereocenters. The van der Waals surface area contributed by atoms with Crippen molar-refractivity contribution in [1.29, 1.82) is 0 Å². The van der Waals surface area contributed by atoms with Crippen molar-refractivity contribution in [2.45, 2.75) is 20.3 Å². The van der Waals surface area contributed by atoms with Crippen LogP contribution >= 0.6 is 0 Å². The van der Waals surface area contributed by atoms with Crippen molar-refractivity contribution < 1.29 is 0 Å². The molecule has 0 spiro atoms. The lowest BCUT2D eigenvalue weighted by Gasteiger charge is -2.07. The third-order valence-electron chi connectivity index (χ3n) is 3.69. The summed E-state index contributed by atoms with van der Waals surface area (Å²) in [4.78, 5) is 0. The number of hydrogen-bond acceptors (Lipinski definition) is 5. The predicted molar refractivity (Wildman–Crippen MR) is 90.9 cm³/mol. The van der Waals surface area contributed by atoms with Crippen LogP contribution in [0.15, 0.2) is 53.6 Å². The molecule has 23 heavy (non-hydrogen) atoms. The van der Waals surface area contributed by atoms with Gasteiger partial charge in [0.05, 0.1) is 11.4 Å². The van der Waals surface area contributed by atoms with Gasteiger partial charge in [0.1, 0.15) is 0 Å². The molecule has 2 aromatic carbocycles. The first-order valence-electron chi connectivity index (χ1n) is 7.42. The largest absolute Gasteiger partial charge is 0.279 e. The van der Waals surface area contributed by atoms with Gasteiger partial charge in [0.2, 0.25) is 0 Å². The zero-order valence-electron chi connectivity index (χ0n) is 13.1. The summed E-state index contributed by atoms with van der Waals surface area (Å²) in [7, 11) is 0. The standard InChI is InChI=1S/C17H18N6/c1-13-7-6-10-16(14(13)2)19-18-12-11-17-20-21-22-23(17)15-8-4-3-5-9-15/h3-10,12,19H,11H2,1-2H3. The molecule has 0 radical (unpaired) electrons. The minimum Gasteiger partial charge on any atom is -0.279 e. The number of tetrazole rings is 1. The molecule has 0 unspecified atom stereocenters. The molecule has 3 aromatic rings. The molecule has 1 aromatic heterocycles. The Morgan fingerprint density at radius 3 is 2.74 bits per heavy atom. The Hall–Kier alpha value is -3.02. The van der Waals surface area contributed by atoms with Gasteiger partial charge in [-0.15, -0.1) is 5.10 Å². The second-order valence-corrected chi connectivity index (χ2v) is 5.22. The van der Waals surface area contributed by atoms with E-state index in [-0.39, 0.29) is 0 Å². The Labute approximate surface area is 134 Å². The summed E-state index contributed by atoms with van der Waals surface area (Å²) in [6.07, 6.45) is 2.31. The van der Waals surface area contributed by atoms with Gasteiger partial charge in [-0.3, -0.25) is 5.43 Å². The van der Waals surface area contributed by atoms with Crippen LogP contribution in [0.3, 0.4) is 0 Å². The van der Waals surface area contributed by atoms with Crippen molar-refractivity contribution in [2.75, 3.05) is 5.43 Å². The maximum absolute atomic E-state index is 4.27. The van der Waals surface area contributed by atoms with Crippen LogP contribution in [-0.4, -0.2) is 26.4 Å². The van der Waals surface area contributed by atoms with E-state index in [0.29, 0.717) is 6.42 Å². The molecule has 0 amide bonds. The normalized spacial score (nSPS) is 11.0. The highest BCUT2D eigenvalue weighted by molar-refractivity contribution is 5.63. The van der Waals surface area contributed by atoms with Crippen LogP contribution in [-0.2, 0) is 6.42 Å². The summed E-state index contributed by atoms with van der Waals surface area (Å²) in [5, 5.41) is 16.1. The zero-order valence-corrected chi connectivity index (χ0v) is 13.1. The molecule has 0 fully saturated rings. The lowest BCUT2D eigenvalue weighted by Crippen LogP contribution is -2.04. The summed E-state index contributed by atoms with van der Waals surface area (Å²) in [6.45, 7) is 4.15. The number of para-hydroxylation sites is 1.